The molecule has 0 aliphatic rings. The van der Waals surface area contributed by atoms with Gasteiger partial charge in [0.1, 0.15) is 16.4 Å². The number of nitrogens with zero attached hydrogens (tertiary/aromatic N) is 1. The highest BCUT2D eigenvalue weighted by Gasteiger charge is 2.09. The second-order valence-corrected chi connectivity index (χ2v) is 6.28. The number of hydrogen-bond donors (Lipinski definition) is 1. The van der Waals surface area contributed by atoms with E-state index in [2.05, 4.69) is 10.5 Å². The van der Waals surface area contributed by atoms with Crippen LogP contribution in [0.3, 0.4) is 0 Å². The number of thiophene rings is 1. The maximum Gasteiger partial charge on any atom is 0.353 e. The van der Waals surface area contributed by atoms with Gasteiger partial charge >= 0.3 is 5.97 Å². The van der Waals surface area contributed by atoms with E-state index < -0.39 is 5.97 Å². The zero-order valence-corrected chi connectivity index (χ0v) is 15.0. The third kappa shape index (κ3) is 5.79. The first-order valence-corrected chi connectivity index (χ1v) is 8.94. The Hall–Kier alpha value is -3.45. The van der Waals surface area contributed by atoms with Gasteiger partial charge in [0.15, 0.2) is 6.61 Å². The number of para-hydroxylation sites is 1. The Balaban J connectivity index is 1.45. The lowest BCUT2D eigenvalue weighted by molar-refractivity contribution is -0.123. The Labute approximate surface area is 160 Å². The normalized spacial score (nSPS) is 10.5. The van der Waals surface area contributed by atoms with Crippen molar-refractivity contribution in [2.24, 2.45) is 5.10 Å². The number of hydrazone groups is 1. The molecule has 0 aliphatic heterocycles. The third-order valence-corrected chi connectivity index (χ3v) is 4.18. The van der Waals surface area contributed by atoms with Crippen LogP contribution >= 0.6 is 11.3 Å². The molecule has 7 heteroatoms. The first-order valence-electron chi connectivity index (χ1n) is 8.06. The molecule has 0 saturated heterocycles. The summed E-state index contributed by atoms with van der Waals surface area (Å²) in [5.74, 6) is 0.295. The van der Waals surface area contributed by atoms with Gasteiger partial charge in [-0.2, -0.15) is 5.10 Å². The van der Waals surface area contributed by atoms with Crippen LogP contribution in [0, 0.1) is 0 Å². The van der Waals surface area contributed by atoms with Gasteiger partial charge in [-0.05, 0) is 53.4 Å². The van der Waals surface area contributed by atoms with Crippen molar-refractivity contribution in [3.63, 3.8) is 0 Å². The van der Waals surface area contributed by atoms with Crippen LogP contribution in [0.15, 0.2) is 77.2 Å². The molecule has 27 heavy (non-hydrogen) atoms. The Morgan fingerprint density at radius 2 is 1.74 bits per heavy atom. The monoisotopic (exact) mass is 380 g/mol. The van der Waals surface area contributed by atoms with Crippen LogP contribution in [0.5, 0.6) is 11.5 Å². The number of carbonyl (C=O) groups excluding carboxylic acids is 2. The first kappa shape index (κ1) is 18.3. The largest absolute Gasteiger partial charge is 0.484 e. The average Bonchev–Trinajstić information content (AvgIpc) is 3.24. The maximum absolute atomic E-state index is 11.9. The molecule has 0 aliphatic carbocycles. The van der Waals surface area contributed by atoms with Crippen molar-refractivity contribution in [2.45, 2.75) is 0 Å². The van der Waals surface area contributed by atoms with Gasteiger partial charge in [-0.15, -0.1) is 11.3 Å². The summed E-state index contributed by atoms with van der Waals surface area (Å²) in [4.78, 5) is 24.1. The number of ether oxygens (including phenoxy) is 2. The van der Waals surface area contributed by atoms with E-state index in [4.69, 9.17) is 9.47 Å². The molecule has 0 fully saturated rings. The van der Waals surface area contributed by atoms with Gasteiger partial charge in [0, 0.05) is 0 Å². The summed E-state index contributed by atoms with van der Waals surface area (Å²) in [5.41, 5.74) is 3.13. The highest BCUT2D eigenvalue weighted by atomic mass is 32.1. The minimum Gasteiger partial charge on any atom is -0.484 e. The Morgan fingerprint density at radius 1 is 0.963 bits per heavy atom. The summed E-state index contributed by atoms with van der Waals surface area (Å²) >= 11 is 1.32. The number of carbonyl (C=O) groups is 2. The predicted molar refractivity (Wildman–Crippen MR) is 103 cm³/mol. The minimum absolute atomic E-state index is 0.126. The lowest BCUT2D eigenvalue weighted by Crippen LogP contribution is -2.24. The van der Waals surface area contributed by atoms with Crippen LogP contribution in [-0.2, 0) is 4.79 Å². The van der Waals surface area contributed by atoms with Gasteiger partial charge in [0.05, 0.1) is 6.21 Å². The van der Waals surface area contributed by atoms with Crippen molar-refractivity contribution in [3.05, 3.63) is 82.6 Å². The molecular weight excluding hydrogens is 364 g/mol. The number of hydrogen-bond acceptors (Lipinski definition) is 6. The van der Waals surface area contributed by atoms with E-state index in [1.807, 2.05) is 23.6 Å². The first-order chi connectivity index (χ1) is 13.2. The van der Waals surface area contributed by atoms with Gasteiger partial charge in [0.25, 0.3) is 5.91 Å². The van der Waals surface area contributed by atoms with Crippen molar-refractivity contribution >= 4 is 29.4 Å². The van der Waals surface area contributed by atoms with Crippen molar-refractivity contribution in [1.29, 1.82) is 0 Å². The predicted octanol–water partition coefficient (Wildman–Crippen LogP) is 3.50. The molecule has 0 atom stereocenters. The molecule has 3 aromatic rings. The smallest absolute Gasteiger partial charge is 0.353 e. The Bertz CT molecular complexity index is 907. The molecule has 0 saturated carbocycles. The van der Waals surface area contributed by atoms with E-state index in [9.17, 15) is 9.59 Å². The molecule has 6 nitrogen and oxygen atoms in total. The molecule has 0 spiro atoms. The average molecular weight is 380 g/mol. The Kier molecular flexibility index (Phi) is 6.32. The van der Waals surface area contributed by atoms with Crippen LogP contribution in [0.25, 0.3) is 0 Å². The van der Waals surface area contributed by atoms with Gasteiger partial charge in [-0.3, -0.25) is 4.79 Å². The molecule has 136 valence electrons. The van der Waals surface area contributed by atoms with Crippen molar-refractivity contribution in [3.8, 4) is 11.5 Å². The third-order valence-electron chi connectivity index (χ3n) is 3.33. The minimum atomic E-state index is -0.392. The fraction of sp³-hybridized carbons (Fsp3) is 0.0500. The van der Waals surface area contributed by atoms with Crippen molar-refractivity contribution in [1.82, 2.24) is 5.43 Å². The number of amides is 1. The van der Waals surface area contributed by atoms with Gasteiger partial charge in [-0.25, -0.2) is 10.2 Å². The summed E-state index contributed by atoms with van der Waals surface area (Å²) in [5, 5.41) is 5.69. The van der Waals surface area contributed by atoms with E-state index in [1.54, 1.807) is 48.5 Å². The van der Waals surface area contributed by atoms with Crippen LogP contribution in [0.1, 0.15) is 15.2 Å². The lowest BCUT2D eigenvalue weighted by atomic mass is 10.2. The summed E-state index contributed by atoms with van der Waals surface area (Å²) in [6.45, 7) is -0.126. The SMILES string of the molecule is O=C(COc1ccccc1)N/N=C/c1ccc(OC(=O)c2cccs2)cc1. The zero-order chi connectivity index (χ0) is 18.9. The fourth-order valence-corrected chi connectivity index (χ4v) is 2.65. The molecule has 0 unspecified atom stereocenters. The standard InChI is InChI=1S/C20H16N2O4S/c23-19(14-25-16-5-2-1-3-6-16)22-21-13-15-8-10-17(11-9-15)26-20(24)18-7-4-12-27-18/h1-13H,14H2,(H,22,23)/b21-13+. The molecule has 1 N–H and O–H groups in total. The second-order valence-electron chi connectivity index (χ2n) is 5.33. The summed E-state index contributed by atoms with van der Waals surface area (Å²) < 4.78 is 10.6. The number of esters is 1. The van der Waals surface area contributed by atoms with Gasteiger partial charge in [-0.1, -0.05) is 24.3 Å². The zero-order valence-electron chi connectivity index (χ0n) is 14.2. The van der Waals surface area contributed by atoms with Crippen molar-refractivity contribution in [2.75, 3.05) is 6.61 Å². The molecule has 1 aromatic heterocycles. The molecule has 0 bridgehead atoms. The van der Waals surface area contributed by atoms with Crippen LogP contribution < -0.4 is 14.9 Å². The van der Waals surface area contributed by atoms with E-state index >= 15 is 0 Å². The number of benzene rings is 2. The number of rotatable bonds is 7. The van der Waals surface area contributed by atoms with Crippen LogP contribution in [0.2, 0.25) is 0 Å². The van der Waals surface area contributed by atoms with E-state index in [-0.39, 0.29) is 12.5 Å². The van der Waals surface area contributed by atoms with E-state index in [1.165, 1.54) is 17.6 Å². The van der Waals surface area contributed by atoms with Gasteiger partial charge in [0.2, 0.25) is 0 Å². The summed E-state index contributed by atoms with van der Waals surface area (Å²) in [6, 6.07) is 19.3. The van der Waals surface area contributed by atoms with Crippen LogP contribution in [0.4, 0.5) is 0 Å². The highest BCUT2D eigenvalue weighted by molar-refractivity contribution is 7.12. The molecule has 1 amide bonds. The molecule has 1 heterocycles. The molecule has 2 aromatic carbocycles. The quantitative estimate of drug-likeness (QED) is 0.295. The fourth-order valence-electron chi connectivity index (χ4n) is 2.05. The summed E-state index contributed by atoms with van der Waals surface area (Å²) in [7, 11) is 0. The van der Waals surface area contributed by atoms with Crippen LogP contribution in [-0.4, -0.2) is 24.7 Å². The van der Waals surface area contributed by atoms with E-state index in [0.717, 1.165) is 5.56 Å². The molecular formula is C20H16N2O4S. The topological polar surface area (TPSA) is 77.0 Å². The van der Waals surface area contributed by atoms with E-state index in [0.29, 0.717) is 16.4 Å². The maximum atomic E-state index is 11.9. The van der Waals surface area contributed by atoms with Gasteiger partial charge < -0.3 is 9.47 Å². The molecule has 3 rings (SSSR count). The lowest BCUT2D eigenvalue weighted by Gasteiger charge is -2.04. The Morgan fingerprint density at radius 3 is 2.44 bits per heavy atom. The summed E-state index contributed by atoms with van der Waals surface area (Å²) in [6.07, 6.45) is 1.49. The molecule has 0 radical (unpaired) electrons. The van der Waals surface area contributed by atoms with Crippen molar-refractivity contribution < 1.29 is 19.1 Å². The highest BCUT2D eigenvalue weighted by Crippen LogP contribution is 2.16. The number of nitrogens with one attached hydrogen (secondary N) is 1. The second kappa shape index (κ2) is 9.30.